The molecule has 3 rings (SSSR count). The number of aliphatic carboxylic acids is 2. The van der Waals surface area contributed by atoms with E-state index >= 15 is 0 Å². The third kappa shape index (κ3) is 11.9. The largest absolute Gasteiger partial charge is 0.490 e. The number of halogens is 6. The van der Waals surface area contributed by atoms with Crippen molar-refractivity contribution >= 4 is 17.8 Å². The van der Waals surface area contributed by atoms with Crippen LogP contribution in [0.5, 0.6) is 0 Å². The molecule has 0 aliphatic carbocycles. The van der Waals surface area contributed by atoms with Gasteiger partial charge in [0.15, 0.2) is 0 Å². The van der Waals surface area contributed by atoms with E-state index < -0.39 is 24.3 Å². The second kappa shape index (κ2) is 13.7. The topological polar surface area (TPSA) is 129 Å². The number of hydrogen-bond donors (Lipinski definition) is 3. The lowest BCUT2D eigenvalue weighted by Gasteiger charge is -2.19. The first kappa shape index (κ1) is 31.5. The number of fused-ring (bicyclic) bond motifs is 1. The van der Waals surface area contributed by atoms with Crippen molar-refractivity contribution < 1.29 is 46.1 Å². The third-order valence-electron chi connectivity index (χ3n) is 4.59. The monoisotopic (exact) mass is 539 g/mol. The predicted octanol–water partition coefficient (Wildman–Crippen LogP) is 3.87. The molecule has 9 nitrogen and oxygen atoms in total. The molecule has 2 aromatic heterocycles. The van der Waals surface area contributed by atoms with Gasteiger partial charge in [0, 0.05) is 50.1 Å². The van der Waals surface area contributed by atoms with Gasteiger partial charge in [-0.3, -0.25) is 9.88 Å². The molecule has 37 heavy (non-hydrogen) atoms. The number of hydrogen-bond acceptors (Lipinski definition) is 7. The molecular weight excluding hydrogens is 512 g/mol. The van der Waals surface area contributed by atoms with Crippen LogP contribution in [0.25, 0.3) is 0 Å². The number of pyridine rings is 1. The molecule has 0 saturated carbocycles. The van der Waals surface area contributed by atoms with Crippen LogP contribution in [-0.4, -0.2) is 73.5 Å². The first-order chi connectivity index (χ1) is 17.0. The van der Waals surface area contributed by atoms with Crippen LogP contribution in [-0.2, 0) is 29.0 Å². The first-order valence-corrected chi connectivity index (χ1v) is 10.8. The summed E-state index contributed by atoms with van der Waals surface area (Å²) in [6.45, 7) is 9.27. The maximum Gasteiger partial charge on any atom is 0.490 e. The van der Waals surface area contributed by atoms with Crippen LogP contribution >= 0.6 is 0 Å². The minimum Gasteiger partial charge on any atom is -0.475 e. The van der Waals surface area contributed by atoms with Crippen molar-refractivity contribution in [1.82, 2.24) is 19.9 Å². The molecule has 2 aromatic rings. The standard InChI is InChI=1S/C18H25N5.2C2HF3O2/c1-13(2)20-18-16-6-9-23(12-15-5-4-8-19-11-15)10-7-17(16)21-14(3)22-18;2*3-2(4,5)1(6)7/h4-5,8,11,13H,6-7,9-10,12H2,1-3H3,(H,20,21,22);2*(H,6,7). The minimum absolute atomic E-state index is 0.378. The molecule has 15 heteroatoms. The van der Waals surface area contributed by atoms with Gasteiger partial charge in [-0.15, -0.1) is 0 Å². The summed E-state index contributed by atoms with van der Waals surface area (Å²) in [6.07, 6.45) is -4.42. The highest BCUT2D eigenvalue weighted by atomic mass is 19.4. The molecule has 0 saturated heterocycles. The quantitative estimate of drug-likeness (QED) is 0.496. The SMILES string of the molecule is Cc1nc2c(c(NC(C)C)n1)CCN(Cc1cccnc1)CC2.O=C(O)C(F)(F)F.O=C(O)C(F)(F)F. The average Bonchev–Trinajstić information content (AvgIpc) is 2.96. The van der Waals surface area contributed by atoms with Gasteiger partial charge >= 0.3 is 24.3 Å². The third-order valence-corrected chi connectivity index (χ3v) is 4.59. The number of alkyl halides is 6. The van der Waals surface area contributed by atoms with Gasteiger partial charge in [-0.05, 0) is 38.8 Å². The molecular formula is C22H27F6N5O4. The van der Waals surface area contributed by atoms with E-state index in [0.717, 1.165) is 44.1 Å². The average molecular weight is 539 g/mol. The van der Waals surface area contributed by atoms with Gasteiger partial charge in [-0.1, -0.05) is 6.07 Å². The Morgan fingerprint density at radius 1 is 1.03 bits per heavy atom. The van der Waals surface area contributed by atoms with Gasteiger partial charge in [0.1, 0.15) is 11.6 Å². The number of aromatic nitrogens is 3. The van der Waals surface area contributed by atoms with E-state index in [4.69, 9.17) is 24.8 Å². The Balaban J connectivity index is 0.000000404. The van der Waals surface area contributed by atoms with E-state index in [1.54, 1.807) is 0 Å². The molecule has 0 bridgehead atoms. The Bertz CT molecular complexity index is 1010. The van der Waals surface area contributed by atoms with Crippen molar-refractivity contribution in [2.75, 3.05) is 18.4 Å². The van der Waals surface area contributed by atoms with Gasteiger partial charge in [0.25, 0.3) is 0 Å². The van der Waals surface area contributed by atoms with E-state index in [9.17, 15) is 26.3 Å². The fraction of sp³-hybridized carbons (Fsp3) is 0.500. The van der Waals surface area contributed by atoms with Crippen molar-refractivity contribution in [3.05, 3.63) is 47.2 Å². The number of carboxylic acids is 2. The maximum absolute atomic E-state index is 10.6. The number of anilines is 1. The normalized spacial score (nSPS) is 13.8. The van der Waals surface area contributed by atoms with E-state index in [1.165, 1.54) is 16.8 Å². The number of nitrogens with one attached hydrogen (secondary N) is 1. The first-order valence-electron chi connectivity index (χ1n) is 10.8. The lowest BCUT2D eigenvalue weighted by molar-refractivity contribution is -0.193. The molecule has 0 atom stereocenters. The number of aryl methyl sites for hydroxylation is 1. The summed E-state index contributed by atoms with van der Waals surface area (Å²) < 4.78 is 63.5. The summed E-state index contributed by atoms with van der Waals surface area (Å²) in [5.74, 6) is -3.64. The highest BCUT2D eigenvalue weighted by Gasteiger charge is 2.38. The Hall–Kier alpha value is -3.49. The number of rotatable bonds is 4. The Morgan fingerprint density at radius 2 is 1.57 bits per heavy atom. The lowest BCUT2D eigenvalue weighted by atomic mass is 10.1. The molecule has 0 spiro atoms. The number of carboxylic acid groups (broad SMARTS) is 2. The summed E-state index contributed by atoms with van der Waals surface area (Å²) in [5.41, 5.74) is 3.76. The molecule has 3 N–H and O–H groups in total. The van der Waals surface area contributed by atoms with E-state index in [0.29, 0.717) is 6.04 Å². The summed E-state index contributed by atoms with van der Waals surface area (Å²) in [5, 5.41) is 17.7. The molecule has 0 fully saturated rings. The van der Waals surface area contributed by atoms with E-state index in [2.05, 4.69) is 40.1 Å². The van der Waals surface area contributed by atoms with Gasteiger partial charge in [0.2, 0.25) is 0 Å². The van der Waals surface area contributed by atoms with Crippen LogP contribution in [0.1, 0.15) is 36.5 Å². The number of carbonyl (C=O) groups is 2. The molecule has 3 heterocycles. The predicted molar refractivity (Wildman–Crippen MR) is 120 cm³/mol. The summed E-state index contributed by atoms with van der Waals surface area (Å²) in [7, 11) is 0. The molecule has 1 aliphatic heterocycles. The van der Waals surface area contributed by atoms with Crippen LogP contribution in [0.2, 0.25) is 0 Å². The van der Waals surface area contributed by atoms with E-state index in [-0.39, 0.29) is 0 Å². The zero-order valence-electron chi connectivity index (χ0n) is 20.2. The molecule has 206 valence electrons. The molecule has 1 aliphatic rings. The molecule has 0 radical (unpaired) electrons. The number of nitrogens with zero attached hydrogens (tertiary/aromatic N) is 4. The Labute approximate surface area is 208 Å². The van der Waals surface area contributed by atoms with Gasteiger partial charge in [-0.2, -0.15) is 26.3 Å². The van der Waals surface area contributed by atoms with Crippen LogP contribution in [0.3, 0.4) is 0 Å². The zero-order chi connectivity index (χ0) is 28.4. The molecule has 0 amide bonds. The fourth-order valence-electron chi connectivity index (χ4n) is 3.07. The second-order valence-electron chi connectivity index (χ2n) is 8.09. The molecule has 0 unspecified atom stereocenters. The lowest BCUT2D eigenvalue weighted by Crippen LogP contribution is -2.26. The van der Waals surface area contributed by atoms with Crippen LogP contribution < -0.4 is 5.32 Å². The van der Waals surface area contributed by atoms with Crippen molar-refractivity contribution in [3.63, 3.8) is 0 Å². The van der Waals surface area contributed by atoms with Crippen LogP contribution in [0.15, 0.2) is 24.5 Å². The Kier molecular flexibility index (Phi) is 11.7. The van der Waals surface area contributed by atoms with Crippen LogP contribution in [0, 0.1) is 6.92 Å². The van der Waals surface area contributed by atoms with Gasteiger partial charge in [-0.25, -0.2) is 19.6 Å². The Morgan fingerprint density at radius 3 is 2.03 bits per heavy atom. The highest BCUT2D eigenvalue weighted by Crippen LogP contribution is 2.23. The van der Waals surface area contributed by atoms with Crippen molar-refractivity contribution in [3.8, 4) is 0 Å². The van der Waals surface area contributed by atoms with E-state index in [1.807, 2.05) is 25.4 Å². The van der Waals surface area contributed by atoms with Crippen molar-refractivity contribution in [2.45, 2.75) is 58.6 Å². The smallest absolute Gasteiger partial charge is 0.475 e. The fourth-order valence-corrected chi connectivity index (χ4v) is 3.07. The second-order valence-corrected chi connectivity index (χ2v) is 8.09. The van der Waals surface area contributed by atoms with Gasteiger partial charge in [0.05, 0.1) is 5.69 Å². The highest BCUT2D eigenvalue weighted by molar-refractivity contribution is 5.73. The van der Waals surface area contributed by atoms with Crippen molar-refractivity contribution in [1.29, 1.82) is 0 Å². The summed E-state index contributed by atoms with van der Waals surface area (Å²) in [4.78, 5) is 33.8. The molecule has 0 aromatic carbocycles. The maximum atomic E-state index is 10.6. The van der Waals surface area contributed by atoms with Gasteiger partial charge < -0.3 is 15.5 Å². The summed E-state index contributed by atoms with van der Waals surface area (Å²) >= 11 is 0. The van der Waals surface area contributed by atoms with Crippen molar-refractivity contribution in [2.24, 2.45) is 0 Å². The summed E-state index contributed by atoms with van der Waals surface area (Å²) in [6, 6.07) is 4.52. The minimum atomic E-state index is -5.08. The van der Waals surface area contributed by atoms with Crippen LogP contribution in [0.4, 0.5) is 32.2 Å². The zero-order valence-corrected chi connectivity index (χ0v) is 20.2.